The van der Waals surface area contributed by atoms with Gasteiger partial charge in [-0.3, -0.25) is 10.1 Å². The van der Waals surface area contributed by atoms with Crippen LogP contribution in [0.2, 0.25) is 0 Å². The molecular weight excluding hydrogens is 280 g/mol. The molecule has 2 aliphatic carbocycles. The molecule has 0 aliphatic heterocycles. The van der Waals surface area contributed by atoms with Crippen molar-refractivity contribution in [3.63, 3.8) is 0 Å². The van der Waals surface area contributed by atoms with Crippen molar-refractivity contribution in [1.82, 2.24) is 10.2 Å². The second-order valence-corrected chi connectivity index (χ2v) is 7.41. The van der Waals surface area contributed by atoms with Gasteiger partial charge in [-0.05, 0) is 25.7 Å². The Kier molecular flexibility index (Phi) is 3.15. The van der Waals surface area contributed by atoms with E-state index in [1.54, 1.807) is 11.8 Å². The van der Waals surface area contributed by atoms with Crippen molar-refractivity contribution >= 4 is 34.1 Å². The van der Waals surface area contributed by atoms with Gasteiger partial charge < -0.3 is 5.73 Å². The van der Waals surface area contributed by atoms with Gasteiger partial charge >= 0.3 is 0 Å². The van der Waals surface area contributed by atoms with E-state index in [1.165, 1.54) is 11.3 Å². The summed E-state index contributed by atoms with van der Waals surface area (Å²) >= 11 is 2.96. The van der Waals surface area contributed by atoms with Crippen LogP contribution in [0.1, 0.15) is 25.7 Å². The molecule has 3 N–H and O–H groups in total. The Balaban J connectivity index is 1.63. The number of hydrogen-bond donors (Lipinski definition) is 2. The molecule has 0 radical (unpaired) electrons. The number of anilines is 1. The first-order valence-electron chi connectivity index (χ1n) is 6.27. The zero-order valence-electron chi connectivity index (χ0n) is 10.5. The van der Waals surface area contributed by atoms with Crippen LogP contribution >= 0.6 is 23.1 Å². The van der Waals surface area contributed by atoms with Crippen LogP contribution in [-0.2, 0) is 4.79 Å². The number of carbonyl (C=O) groups is 1. The summed E-state index contributed by atoms with van der Waals surface area (Å²) in [6.45, 7) is 3.66. The topological polar surface area (TPSA) is 80.9 Å². The normalized spacial score (nSPS) is 21.7. The number of nitrogens with two attached hydrogens (primary N) is 1. The highest BCUT2D eigenvalue weighted by Crippen LogP contribution is 2.63. The first kappa shape index (κ1) is 13.1. The van der Waals surface area contributed by atoms with Crippen LogP contribution in [0.25, 0.3) is 0 Å². The summed E-state index contributed by atoms with van der Waals surface area (Å²) in [5, 5.41) is 11.5. The summed E-state index contributed by atoms with van der Waals surface area (Å²) in [7, 11) is 0. The molecule has 7 heteroatoms. The summed E-state index contributed by atoms with van der Waals surface area (Å²) in [5.41, 5.74) is 5.60. The third kappa shape index (κ3) is 2.30. The molecule has 0 aromatic carbocycles. The van der Waals surface area contributed by atoms with Gasteiger partial charge in [0.2, 0.25) is 11.0 Å². The van der Waals surface area contributed by atoms with Gasteiger partial charge in [0.25, 0.3) is 0 Å². The molecule has 2 aliphatic rings. The molecule has 1 aromatic heterocycles. The van der Waals surface area contributed by atoms with Gasteiger partial charge in [-0.2, -0.15) is 0 Å². The molecule has 1 aromatic rings. The second kappa shape index (κ2) is 4.57. The van der Waals surface area contributed by atoms with Crippen LogP contribution in [0.3, 0.4) is 0 Å². The van der Waals surface area contributed by atoms with Gasteiger partial charge in [-0.1, -0.05) is 29.2 Å². The third-order valence-corrected chi connectivity index (χ3v) is 5.85. The molecule has 1 amide bonds. The summed E-state index contributed by atoms with van der Waals surface area (Å²) in [4.78, 5) is 12.3. The number of rotatable bonds is 6. The first-order chi connectivity index (χ1) is 9.10. The number of amides is 1. The molecule has 5 nitrogen and oxygen atoms in total. The molecule has 0 atom stereocenters. The predicted octanol–water partition coefficient (Wildman–Crippen LogP) is 2.03. The van der Waals surface area contributed by atoms with E-state index in [2.05, 4.69) is 22.1 Å². The minimum absolute atomic E-state index is 0.0175. The summed E-state index contributed by atoms with van der Waals surface area (Å²) < 4.78 is 0.842. The maximum Gasteiger partial charge on any atom is 0.234 e. The molecule has 2 saturated carbocycles. The molecule has 0 spiro atoms. The van der Waals surface area contributed by atoms with Crippen LogP contribution in [-0.4, -0.2) is 27.4 Å². The van der Waals surface area contributed by atoms with Gasteiger partial charge in [0.1, 0.15) is 0 Å². The lowest BCUT2D eigenvalue weighted by Gasteiger charge is -2.20. The molecule has 0 unspecified atom stereocenters. The maximum atomic E-state index is 12.3. The minimum Gasteiger partial charge on any atom is -0.324 e. The van der Waals surface area contributed by atoms with Gasteiger partial charge in [0.05, 0.1) is 5.41 Å². The van der Waals surface area contributed by atoms with Crippen LogP contribution in [0.5, 0.6) is 0 Å². The van der Waals surface area contributed by atoms with Crippen molar-refractivity contribution in [3.8, 4) is 0 Å². The largest absolute Gasteiger partial charge is 0.324 e. The third-order valence-electron chi connectivity index (χ3n) is 3.88. The Morgan fingerprint density at radius 1 is 1.47 bits per heavy atom. The lowest BCUT2D eigenvalue weighted by atomic mass is 9.93. The Morgan fingerprint density at radius 3 is 2.79 bits per heavy atom. The van der Waals surface area contributed by atoms with Crippen molar-refractivity contribution in [3.05, 3.63) is 12.7 Å². The van der Waals surface area contributed by atoms with Crippen LogP contribution in [0.15, 0.2) is 17.0 Å². The highest BCUT2D eigenvalue weighted by molar-refractivity contribution is 8.01. The van der Waals surface area contributed by atoms with Gasteiger partial charge in [0, 0.05) is 11.3 Å². The molecule has 19 heavy (non-hydrogen) atoms. The lowest BCUT2D eigenvalue weighted by Crippen LogP contribution is -2.42. The van der Waals surface area contributed by atoms with Crippen molar-refractivity contribution < 1.29 is 4.79 Å². The van der Waals surface area contributed by atoms with Crippen molar-refractivity contribution in [2.24, 2.45) is 11.1 Å². The zero-order chi connectivity index (χ0) is 13.5. The second-order valence-electron chi connectivity index (χ2n) is 5.17. The van der Waals surface area contributed by atoms with E-state index in [0.29, 0.717) is 5.13 Å². The summed E-state index contributed by atoms with van der Waals surface area (Å²) in [6.07, 6.45) is 5.52. The molecular formula is C12H16N4OS2. The van der Waals surface area contributed by atoms with E-state index in [4.69, 9.17) is 5.73 Å². The van der Waals surface area contributed by atoms with Gasteiger partial charge in [-0.25, -0.2) is 0 Å². The molecule has 3 rings (SSSR count). The predicted molar refractivity (Wildman–Crippen MR) is 77.3 cm³/mol. The number of nitrogens with zero attached hydrogens (tertiary/aromatic N) is 2. The fourth-order valence-corrected chi connectivity index (χ4v) is 3.86. The quantitative estimate of drug-likeness (QED) is 0.477. The van der Waals surface area contributed by atoms with E-state index in [9.17, 15) is 4.79 Å². The number of carbonyl (C=O) groups excluding carboxylic acids is 1. The van der Waals surface area contributed by atoms with Crippen LogP contribution in [0.4, 0.5) is 5.13 Å². The van der Waals surface area contributed by atoms with E-state index < -0.39 is 0 Å². The number of hydrogen-bond acceptors (Lipinski definition) is 6. The molecule has 1 heterocycles. The Morgan fingerprint density at radius 2 is 2.21 bits per heavy atom. The molecule has 0 bridgehead atoms. The minimum atomic E-state index is -0.340. The fraction of sp³-hybridized carbons (Fsp3) is 0.583. The van der Waals surface area contributed by atoms with Gasteiger partial charge in [0.15, 0.2) is 4.34 Å². The van der Waals surface area contributed by atoms with Gasteiger partial charge in [-0.15, -0.1) is 16.8 Å². The van der Waals surface area contributed by atoms with Crippen LogP contribution in [0, 0.1) is 5.41 Å². The summed E-state index contributed by atoms with van der Waals surface area (Å²) in [5.74, 6) is 0.808. The molecule has 2 fully saturated rings. The zero-order valence-corrected chi connectivity index (χ0v) is 12.1. The van der Waals surface area contributed by atoms with E-state index in [-0.39, 0.29) is 16.9 Å². The standard InChI is InChI=1S/C12H16N4OS2/c1-2-7-18-10-16-15-9(19-10)14-8(17)11(3-4-11)12(13)5-6-12/h2H,1,3-7,13H2,(H,14,15,17). The van der Waals surface area contributed by atoms with E-state index >= 15 is 0 Å². The van der Waals surface area contributed by atoms with E-state index in [1.807, 2.05) is 6.08 Å². The Hall–Kier alpha value is -0.920. The smallest absolute Gasteiger partial charge is 0.234 e. The maximum absolute atomic E-state index is 12.3. The van der Waals surface area contributed by atoms with E-state index in [0.717, 1.165) is 35.8 Å². The Bertz CT molecular complexity index is 520. The van der Waals surface area contributed by atoms with Crippen molar-refractivity contribution in [2.45, 2.75) is 35.6 Å². The number of aromatic nitrogens is 2. The summed E-state index contributed by atoms with van der Waals surface area (Å²) in [6, 6.07) is 0. The van der Waals surface area contributed by atoms with Crippen molar-refractivity contribution in [2.75, 3.05) is 11.1 Å². The fourth-order valence-electron chi connectivity index (χ4n) is 2.35. The van der Waals surface area contributed by atoms with Crippen LogP contribution < -0.4 is 11.1 Å². The molecule has 102 valence electrons. The van der Waals surface area contributed by atoms with Crippen molar-refractivity contribution in [1.29, 1.82) is 0 Å². The SMILES string of the molecule is C=CCSc1nnc(NC(=O)C2(C3(N)CC3)CC2)s1. The Labute approximate surface area is 120 Å². The average molecular weight is 296 g/mol. The average Bonchev–Trinajstić information content (AvgIpc) is 3.29. The number of thioether (sulfide) groups is 1. The number of nitrogens with one attached hydrogen (secondary N) is 1. The monoisotopic (exact) mass is 296 g/mol. The first-order valence-corrected chi connectivity index (χ1v) is 8.07. The highest BCUT2D eigenvalue weighted by Gasteiger charge is 2.67. The lowest BCUT2D eigenvalue weighted by molar-refractivity contribution is -0.122. The highest BCUT2D eigenvalue weighted by atomic mass is 32.2. The molecule has 0 saturated heterocycles.